The van der Waals surface area contributed by atoms with Crippen molar-refractivity contribution in [3.8, 4) is 28.6 Å². The standard InChI is InChI=1S/C12H9N3O2S/c13-9-5-7(1-2-10(9)16)12-14-11(15-17-12)8-3-4-18-6-8/h1-6,16H,13H2. The molecule has 3 N–H and O–H groups in total. The summed E-state index contributed by atoms with van der Waals surface area (Å²) in [6.07, 6.45) is 0. The van der Waals surface area contributed by atoms with Crippen molar-refractivity contribution in [2.75, 3.05) is 5.73 Å². The minimum atomic E-state index is 0.0383. The summed E-state index contributed by atoms with van der Waals surface area (Å²) in [6.45, 7) is 0. The van der Waals surface area contributed by atoms with E-state index in [0.717, 1.165) is 5.56 Å². The average molecular weight is 259 g/mol. The lowest BCUT2D eigenvalue weighted by Gasteiger charge is -1.99. The van der Waals surface area contributed by atoms with Gasteiger partial charge in [0.2, 0.25) is 5.82 Å². The number of thiophene rings is 1. The molecule has 18 heavy (non-hydrogen) atoms. The lowest BCUT2D eigenvalue weighted by molar-refractivity contribution is 0.432. The molecule has 1 aromatic carbocycles. The first-order valence-electron chi connectivity index (χ1n) is 5.19. The Hall–Kier alpha value is -2.34. The van der Waals surface area contributed by atoms with Crippen LogP contribution in [-0.4, -0.2) is 15.2 Å². The normalized spacial score (nSPS) is 10.7. The van der Waals surface area contributed by atoms with Crippen LogP contribution in [0, 0.1) is 0 Å². The Bertz CT molecular complexity index is 676. The van der Waals surface area contributed by atoms with Gasteiger partial charge >= 0.3 is 0 Å². The van der Waals surface area contributed by atoms with Gasteiger partial charge in [-0.1, -0.05) is 5.16 Å². The van der Waals surface area contributed by atoms with Crippen molar-refractivity contribution in [1.29, 1.82) is 0 Å². The van der Waals surface area contributed by atoms with Gasteiger partial charge in [0.05, 0.1) is 5.69 Å². The van der Waals surface area contributed by atoms with E-state index in [1.54, 1.807) is 23.5 Å². The minimum absolute atomic E-state index is 0.0383. The molecule has 5 nitrogen and oxygen atoms in total. The van der Waals surface area contributed by atoms with E-state index < -0.39 is 0 Å². The summed E-state index contributed by atoms with van der Waals surface area (Å²) in [7, 11) is 0. The Morgan fingerprint density at radius 1 is 1.22 bits per heavy atom. The third kappa shape index (κ3) is 1.82. The smallest absolute Gasteiger partial charge is 0.258 e. The summed E-state index contributed by atoms with van der Waals surface area (Å²) in [4.78, 5) is 4.29. The predicted octanol–water partition coefficient (Wildman–Crippen LogP) is 2.75. The molecule has 90 valence electrons. The van der Waals surface area contributed by atoms with Gasteiger partial charge in [-0.15, -0.1) is 0 Å². The van der Waals surface area contributed by atoms with Crippen molar-refractivity contribution in [3.63, 3.8) is 0 Å². The first kappa shape index (κ1) is 10.8. The van der Waals surface area contributed by atoms with Gasteiger partial charge in [0.1, 0.15) is 5.75 Å². The van der Waals surface area contributed by atoms with Crippen molar-refractivity contribution < 1.29 is 9.63 Å². The van der Waals surface area contributed by atoms with Gasteiger partial charge in [0.25, 0.3) is 5.89 Å². The number of nitrogen functional groups attached to an aromatic ring is 1. The molecule has 2 aromatic heterocycles. The van der Waals surface area contributed by atoms with Crippen LogP contribution in [0.1, 0.15) is 0 Å². The van der Waals surface area contributed by atoms with Gasteiger partial charge in [-0.3, -0.25) is 0 Å². The Morgan fingerprint density at radius 2 is 2.11 bits per heavy atom. The third-order valence-electron chi connectivity index (χ3n) is 2.48. The van der Waals surface area contributed by atoms with Crippen LogP contribution in [0.3, 0.4) is 0 Å². The second-order valence-corrected chi connectivity index (χ2v) is 4.49. The molecule has 3 aromatic rings. The van der Waals surface area contributed by atoms with Crippen molar-refractivity contribution in [2.45, 2.75) is 0 Å². The molecule has 0 saturated heterocycles. The molecule has 2 heterocycles. The van der Waals surface area contributed by atoms with E-state index >= 15 is 0 Å². The SMILES string of the molecule is Nc1cc(-c2nc(-c3ccsc3)no2)ccc1O. The highest BCUT2D eigenvalue weighted by Gasteiger charge is 2.11. The molecule has 0 unspecified atom stereocenters. The summed E-state index contributed by atoms with van der Waals surface area (Å²) in [6, 6.07) is 6.69. The van der Waals surface area contributed by atoms with E-state index in [-0.39, 0.29) is 11.4 Å². The first-order chi connectivity index (χ1) is 8.74. The number of anilines is 1. The van der Waals surface area contributed by atoms with Crippen LogP contribution in [0.2, 0.25) is 0 Å². The Kier molecular flexibility index (Phi) is 2.49. The van der Waals surface area contributed by atoms with Crippen molar-refractivity contribution >= 4 is 17.0 Å². The number of hydrogen-bond acceptors (Lipinski definition) is 6. The zero-order valence-corrected chi connectivity index (χ0v) is 10.0. The Morgan fingerprint density at radius 3 is 2.83 bits per heavy atom. The molecule has 6 heteroatoms. The van der Waals surface area contributed by atoms with Crippen LogP contribution in [0.25, 0.3) is 22.8 Å². The van der Waals surface area contributed by atoms with Gasteiger partial charge in [0.15, 0.2) is 0 Å². The summed E-state index contributed by atoms with van der Waals surface area (Å²) < 4.78 is 5.18. The highest BCUT2D eigenvalue weighted by atomic mass is 32.1. The van der Waals surface area contributed by atoms with E-state index in [9.17, 15) is 5.11 Å². The number of rotatable bonds is 2. The van der Waals surface area contributed by atoms with E-state index in [1.807, 2.05) is 16.8 Å². The van der Waals surface area contributed by atoms with Crippen LogP contribution in [0.5, 0.6) is 5.75 Å². The van der Waals surface area contributed by atoms with Crippen molar-refractivity contribution in [2.24, 2.45) is 0 Å². The second-order valence-electron chi connectivity index (χ2n) is 3.71. The molecule has 0 atom stereocenters. The third-order valence-corrected chi connectivity index (χ3v) is 3.16. The fourth-order valence-electron chi connectivity index (χ4n) is 1.54. The molecule has 0 spiro atoms. The summed E-state index contributed by atoms with van der Waals surface area (Å²) in [5.41, 5.74) is 7.50. The number of phenolic OH excluding ortho intramolecular Hbond substituents is 1. The largest absolute Gasteiger partial charge is 0.506 e. The van der Waals surface area contributed by atoms with Crippen LogP contribution >= 0.6 is 11.3 Å². The number of phenols is 1. The topological polar surface area (TPSA) is 85.2 Å². The van der Waals surface area contributed by atoms with Gasteiger partial charge in [0, 0.05) is 16.5 Å². The maximum atomic E-state index is 9.36. The average Bonchev–Trinajstić information content (AvgIpc) is 3.01. The quantitative estimate of drug-likeness (QED) is 0.546. The number of nitrogens with two attached hydrogens (primary N) is 1. The van der Waals surface area contributed by atoms with Crippen LogP contribution < -0.4 is 5.73 Å². The Balaban J connectivity index is 2.00. The molecule has 0 amide bonds. The van der Waals surface area contributed by atoms with E-state index in [2.05, 4.69) is 10.1 Å². The zero-order chi connectivity index (χ0) is 12.5. The van der Waals surface area contributed by atoms with Gasteiger partial charge in [-0.05, 0) is 29.6 Å². The molecule has 0 aliphatic rings. The lowest BCUT2D eigenvalue weighted by Crippen LogP contribution is -1.86. The van der Waals surface area contributed by atoms with E-state index in [4.69, 9.17) is 10.3 Å². The number of aromatic nitrogens is 2. The second kappa shape index (κ2) is 4.15. The maximum absolute atomic E-state index is 9.36. The van der Waals surface area contributed by atoms with E-state index in [0.29, 0.717) is 17.3 Å². The Labute approximate surface area is 107 Å². The summed E-state index contributed by atoms with van der Waals surface area (Å²) in [5, 5.41) is 17.2. The molecule has 0 saturated carbocycles. The monoisotopic (exact) mass is 259 g/mol. The predicted molar refractivity (Wildman–Crippen MR) is 69.1 cm³/mol. The van der Waals surface area contributed by atoms with Crippen molar-refractivity contribution in [1.82, 2.24) is 10.1 Å². The molecular weight excluding hydrogens is 250 g/mol. The van der Waals surface area contributed by atoms with Gasteiger partial charge < -0.3 is 15.4 Å². The van der Waals surface area contributed by atoms with Crippen LogP contribution in [0.15, 0.2) is 39.5 Å². The number of nitrogens with zero attached hydrogens (tertiary/aromatic N) is 2. The minimum Gasteiger partial charge on any atom is -0.506 e. The molecule has 0 fully saturated rings. The van der Waals surface area contributed by atoms with Gasteiger partial charge in [-0.2, -0.15) is 16.3 Å². The molecular formula is C12H9N3O2S. The highest BCUT2D eigenvalue weighted by Crippen LogP contribution is 2.28. The maximum Gasteiger partial charge on any atom is 0.258 e. The fourth-order valence-corrected chi connectivity index (χ4v) is 2.17. The highest BCUT2D eigenvalue weighted by molar-refractivity contribution is 7.08. The van der Waals surface area contributed by atoms with Crippen molar-refractivity contribution in [3.05, 3.63) is 35.0 Å². The van der Waals surface area contributed by atoms with Crippen LogP contribution in [-0.2, 0) is 0 Å². The van der Waals surface area contributed by atoms with Gasteiger partial charge in [-0.25, -0.2) is 0 Å². The molecule has 0 aliphatic carbocycles. The summed E-state index contributed by atoms with van der Waals surface area (Å²) in [5.74, 6) is 0.956. The number of aromatic hydroxyl groups is 1. The zero-order valence-electron chi connectivity index (χ0n) is 9.20. The molecule has 0 radical (unpaired) electrons. The molecule has 0 aliphatic heterocycles. The molecule has 3 rings (SSSR count). The number of hydrogen-bond donors (Lipinski definition) is 2. The fraction of sp³-hybridized carbons (Fsp3) is 0. The number of benzene rings is 1. The summed E-state index contributed by atoms with van der Waals surface area (Å²) >= 11 is 1.57. The molecule has 0 bridgehead atoms. The lowest BCUT2D eigenvalue weighted by atomic mass is 10.2. The van der Waals surface area contributed by atoms with E-state index in [1.165, 1.54) is 6.07 Å². The first-order valence-corrected chi connectivity index (χ1v) is 6.13. The van der Waals surface area contributed by atoms with Crippen LogP contribution in [0.4, 0.5) is 5.69 Å².